The van der Waals surface area contributed by atoms with E-state index in [1.807, 2.05) is 18.2 Å². The minimum Gasteiger partial charge on any atom is -0.506 e. The van der Waals surface area contributed by atoms with Gasteiger partial charge in [0.05, 0.1) is 5.69 Å². The lowest BCUT2D eigenvalue weighted by atomic mass is 10.0. The Morgan fingerprint density at radius 1 is 1.21 bits per heavy atom. The fourth-order valence-corrected chi connectivity index (χ4v) is 2.62. The maximum Gasteiger partial charge on any atom is 0.141 e. The van der Waals surface area contributed by atoms with Crippen LogP contribution in [0.1, 0.15) is 31.9 Å². The molecule has 0 aliphatic heterocycles. The maximum atomic E-state index is 9.91. The van der Waals surface area contributed by atoms with Gasteiger partial charge in [-0.15, -0.1) is 0 Å². The first-order valence-electron chi connectivity index (χ1n) is 6.77. The quantitative estimate of drug-likeness (QED) is 0.874. The van der Waals surface area contributed by atoms with Gasteiger partial charge in [-0.2, -0.15) is 0 Å². The fraction of sp³-hybridized carbons (Fsp3) is 0.235. The molecule has 0 fully saturated rings. The number of benzene rings is 1. The minimum atomic E-state index is 0.253. The largest absolute Gasteiger partial charge is 0.506 e. The highest BCUT2D eigenvalue weighted by Gasteiger charge is 2.13. The third kappa shape index (κ3) is 2.14. The Labute approximate surface area is 113 Å². The number of para-hydroxylation sites is 1. The zero-order valence-electron chi connectivity index (χ0n) is 11.1. The second kappa shape index (κ2) is 4.88. The van der Waals surface area contributed by atoms with Crippen molar-refractivity contribution in [3.05, 3.63) is 53.8 Å². The van der Waals surface area contributed by atoms with Crippen molar-refractivity contribution in [2.45, 2.75) is 26.2 Å². The molecule has 3 rings (SSSR count). The normalized spacial score (nSPS) is 14.6. The molecule has 2 aromatic rings. The van der Waals surface area contributed by atoms with Gasteiger partial charge in [-0.05, 0) is 36.1 Å². The minimum absolute atomic E-state index is 0.253. The van der Waals surface area contributed by atoms with Crippen LogP contribution in [0.3, 0.4) is 0 Å². The van der Waals surface area contributed by atoms with E-state index in [1.165, 1.54) is 11.1 Å². The highest BCUT2D eigenvalue weighted by Crippen LogP contribution is 2.32. The molecular weight excluding hydrogens is 234 g/mol. The van der Waals surface area contributed by atoms with Gasteiger partial charge in [0, 0.05) is 5.39 Å². The monoisotopic (exact) mass is 251 g/mol. The van der Waals surface area contributed by atoms with Crippen LogP contribution in [0.25, 0.3) is 16.5 Å². The maximum absolute atomic E-state index is 9.91. The van der Waals surface area contributed by atoms with Gasteiger partial charge in [0.1, 0.15) is 11.3 Å². The lowest BCUT2D eigenvalue weighted by Crippen LogP contribution is -1.91. The van der Waals surface area contributed by atoms with E-state index in [4.69, 9.17) is 0 Å². The molecule has 1 aliphatic rings. The van der Waals surface area contributed by atoms with Crippen LogP contribution in [0, 0.1) is 0 Å². The van der Waals surface area contributed by atoms with Crippen molar-refractivity contribution in [2.75, 3.05) is 0 Å². The zero-order valence-corrected chi connectivity index (χ0v) is 11.1. The van der Waals surface area contributed by atoms with Crippen molar-refractivity contribution >= 4 is 16.5 Å². The predicted molar refractivity (Wildman–Crippen MR) is 79.0 cm³/mol. The summed E-state index contributed by atoms with van der Waals surface area (Å²) in [7, 11) is 0. The van der Waals surface area contributed by atoms with Gasteiger partial charge < -0.3 is 5.11 Å². The SMILES string of the molecule is CCCC1=C(c2ccc3cccc(O)c3n2)CC=C1. The number of nitrogens with zero attached hydrogens (tertiary/aromatic N) is 1. The molecule has 0 unspecified atom stereocenters. The van der Waals surface area contributed by atoms with Gasteiger partial charge in [0.2, 0.25) is 0 Å². The van der Waals surface area contributed by atoms with E-state index < -0.39 is 0 Å². The average Bonchev–Trinajstić information content (AvgIpc) is 2.88. The Kier molecular flexibility index (Phi) is 3.08. The molecule has 0 radical (unpaired) electrons. The number of aromatic nitrogens is 1. The lowest BCUT2D eigenvalue weighted by Gasteiger charge is -2.08. The molecule has 0 bridgehead atoms. The molecule has 1 heterocycles. The van der Waals surface area contributed by atoms with Crippen LogP contribution in [0.2, 0.25) is 0 Å². The summed E-state index contributed by atoms with van der Waals surface area (Å²) in [4.78, 5) is 4.64. The molecule has 1 aromatic carbocycles. The topological polar surface area (TPSA) is 33.1 Å². The molecule has 19 heavy (non-hydrogen) atoms. The number of hydrogen-bond donors (Lipinski definition) is 1. The Bertz CT molecular complexity index is 683. The molecule has 2 nitrogen and oxygen atoms in total. The number of rotatable bonds is 3. The predicted octanol–water partition coefficient (Wildman–Crippen LogP) is 4.45. The van der Waals surface area contributed by atoms with Crippen LogP contribution in [0.15, 0.2) is 48.1 Å². The molecule has 0 atom stereocenters. The highest BCUT2D eigenvalue weighted by molar-refractivity contribution is 5.86. The van der Waals surface area contributed by atoms with Crippen molar-refractivity contribution in [2.24, 2.45) is 0 Å². The van der Waals surface area contributed by atoms with Gasteiger partial charge >= 0.3 is 0 Å². The van der Waals surface area contributed by atoms with Crippen LogP contribution in [-0.4, -0.2) is 10.1 Å². The van der Waals surface area contributed by atoms with Crippen LogP contribution in [0.5, 0.6) is 5.75 Å². The summed E-state index contributed by atoms with van der Waals surface area (Å²) < 4.78 is 0. The summed E-state index contributed by atoms with van der Waals surface area (Å²) in [6, 6.07) is 9.59. The van der Waals surface area contributed by atoms with Crippen LogP contribution < -0.4 is 0 Å². The number of phenols is 1. The molecule has 0 amide bonds. The van der Waals surface area contributed by atoms with Gasteiger partial charge in [-0.25, -0.2) is 4.98 Å². The lowest BCUT2D eigenvalue weighted by molar-refractivity contribution is 0.480. The number of hydrogen-bond acceptors (Lipinski definition) is 2. The van der Waals surface area contributed by atoms with Gasteiger partial charge in [-0.1, -0.05) is 43.7 Å². The smallest absolute Gasteiger partial charge is 0.141 e. The summed E-state index contributed by atoms with van der Waals surface area (Å²) in [5.41, 5.74) is 4.36. The van der Waals surface area contributed by atoms with E-state index in [9.17, 15) is 5.11 Å². The van der Waals surface area contributed by atoms with Gasteiger partial charge in [-0.3, -0.25) is 0 Å². The van der Waals surface area contributed by atoms with Gasteiger partial charge in [0.25, 0.3) is 0 Å². The van der Waals surface area contributed by atoms with E-state index in [0.717, 1.165) is 30.3 Å². The fourth-order valence-electron chi connectivity index (χ4n) is 2.62. The molecule has 0 spiro atoms. The number of aromatic hydroxyl groups is 1. The Morgan fingerprint density at radius 3 is 2.95 bits per heavy atom. The standard InChI is InChI=1S/C17H17NO/c1-2-5-12-6-3-8-14(12)15-11-10-13-7-4-9-16(19)17(13)18-15/h3-4,6-7,9-11,19H,2,5,8H2,1H3. The number of allylic oxidation sites excluding steroid dienone is 4. The molecule has 1 N–H and O–H groups in total. The molecule has 0 saturated heterocycles. The third-order valence-electron chi connectivity index (χ3n) is 3.56. The Balaban J connectivity index is 2.11. The first kappa shape index (κ1) is 12.0. The summed E-state index contributed by atoms with van der Waals surface area (Å²) in [5.74, 6) is 0.253. The first-order chi connectivity index (χ1) is 9.29. The highest BCUT2D eigenvalue weighted by atomic mass is 16.3. The first-order valence-corrected chi connectivity index (χ1v) is 6.77. The molecule has 1 aliphatic carbocycles. The zero-order chi connectivity index (χ0) is 13.2. The van der Waals surface area contributed by atoms with E-state index >= 15 is 0 Å². The summed E-state index contributed by atoms with van der Waals surface area (Å²) >= 11 is 0. The molecule has 0 saturated carbocycles. The second-order valence-electron chi connectivity index (χ2n) is 4.91. The van der Waals surface area contributed by atoms with Crippen LogP contribution in [0.4, 0.5) is 0 Å². The number of pyridine rings is 1. The van der Waals surface area contributed by atoms with E-state index in [-0.39, 0.29) is 5.75 Å². The van der Waals surface area contributed by atoms with Crippen molar-refractivity contribution in [1.82, 2.24) is 4.98 Å². The molecule has 1 aromatic heterocycles. The van der Waals surface area contributed by atoms with E-state index in [0.29, 0.717) is 5.52 Å². The Morgan fingerprint density at radius 2 is 2.11 bits per heavy atom. The van der Waals surface area contributed by atoms with Crippen molar-refractivity contribution in [3.8, 4) is 5.75 Å². The average molecular weight is 251 g/mol. The van der Waals surface area contributed by atoms with Crippen LogP contribution >= 0.6 is 0 Å². The second-order valence-corrected chi connectivity index (χ2v) is 4.91. The van der Waals surface area contributed by atoms with Crippen molar-refractivity contribution < 1.29 is 5.11 Å². The molecular formula is C17H17NO. The molecule has 96 valence electrons. The van der Waals surface area contributed by atoms with Crippen molar-refractivity contribution in [3.63, 3.8) is 0 Å². The van der Waals surface area contributed by atoms with Gasteiger partial charge in [0.15, 0.2) is 0 Å². The Hall–Kier alpha value is -2.09. The molecule has 2 heteroatoms. The summed E-state index contributed by atoms with van der Waals surface area (Å²) in [6.45, 7) is 2.19. The summed E-state index contributed by atoms with van der Waals surface area (Å²) in [6.07, 6.45) is 7.57. The van der Waals surface area contributed by atoms with Crippen molar-refractivity contribution in [1.29, 1.82) is 0 Å². The third-order valence-corrected chi connectivity index (χ3v) is 3.56. The van der Waals surface area contributed by atoms with E-state index in [1.54, 1.807) is 6.07 Å². The number of phenolic OH excluding ortho intramolecular Hbond substituents is 1. The summed E-state index contributed by atoms with van der Waals surface area (Å²) in [5, 5.41) is 10.9. The van der Waals surface area contributed by atoms with E-state index in [2.05, 4.69) is 30.1 Å². The number of fused-ring (bicyclic) bond motifs is 1. The van der Waals surface area contributed by atoms with Crippen LogP contribution in [-0.2, 0) is 0 Å².